The largest absolute Gasteiger partial charge is 0.489 e. The van der Waals surface area contributed by atoms with Gasteiger partial charge in [0.15, 0.2) is 0 Å². The summed E-state index contributed by atoms with van der Waals surface area (Å²) in [5.74, 6) is 1.35. The molecule has 0 radical (unpaired) electrons. The van der Waals surface area contributed by atoms with Crippen molar-refractivity contribution in [1.29, 1.82) is 0 Å². The van der Waals surface area contributed by atoms with E-state index in [0.29, 0.717) is 24.5 Å². The Balaban J connectivity index is 1.69. The Morgan fingerprint density at radius 3 is 2.57 bits per heavy atom. The zero-order chi connectivity index (χ0) is 20.3. The summed E-state index contributed by atoms with van der Waals surface area (Å²) in [5, 5.41) is 3.93. The minimum absolute atomic E-state index is 0.0391. The number of aryl methyl sites for hydroxylation is 4. The van der Waals surface area contributed by atoms with Gasteiger partial charge in [-0.25, -0.2) is 0 Å². The van der Waals surface area contributed by atoms with E-state index >= 15 is 0 Å². The molecule has 5 nitrogen and oxygen atoms in total. The van der Waals surface area contributed by atoms with Crippen LogP contribution in [-0.4, -0.2) is 23.0 Å². The second kappa shape index (κ2) is 8.30. The van der Waals surface area contributed by atoms with Crippen LogP contribution in [0.1, 0.15) is 44.1 Å². The van der Waals surface area contributed by atoms with E-state index in [2.05, 4.69) is 37.2 Å². The smallest absolute Gasteiger partial charge is 0.254 e. The van der Waals surface area contributed by atoms with Crippen molar-refractivity contribution in [3.8, 4) is 5.75 Å². The van der Waals surface area contributed by atoms with Crippen LogP contribution in [0.4, 0.5) is 0 Å². The molecule has 1 aromatic heterocycles. The molecule has 0 saturated heterocycles. The van der Waals surface area contributed by atoms with Gasteiger partial charge in [-0.05, 0) is 57.0 Å². The molecule has 0 fully saturated rings. The van der Waals surface area contributed by atoms with Crippen molar-refractivity contribution in [1.82, 2.24) is 10.1 Å². The molecule has 0 aliphatic rings. The van der Waals surface area contributed by atoms with E-state index in [1.165, 1.54) is 11.1 Å². The molecular weight excluding hydrogens is 352 g/mol. The zero-order valence-electron chi connectivity index (χ0n) is 17.1. The number of hydrogen-bond acceptors (Lipinski definition) is 4. The van der Waals surface area contributed by atoms with Crippen LogP contribution in [0.25, 0.3) is 0 Å². The average Bonchev–Trinajstić information content (AvgIpc) is 2.99. The predicted molar refractivity (Wildman–Crippen MR) is 108 cm³/mol. The number of benzene rings is 2. The highest BCUT2D eigenvalue weighted by Gasteiger charge is 2.15. The third kappa shape index (κ3) is 4.42. The third-order valence-corrected chi connectivity index (χ3v) is 4.90. The Hall–Kier alpha value is -3.08. The molecule has 0 spiro atoms. The SMILES string of the molecule is Cc1ccc(CN(C)C(=O)c2cccc(OCc3c(C)noc3C)c2)c(C)c1. The number of nitrogens with zero attached hydrogens (tertiary/aromatic N) is 2. The highest BCUT2D eigenvalue weighted by Crippen LogP contribution is 2.20. The fourth-order valence-corrected chi connectivity index (χ4v) is 3.15. The minimum Gasteiger partial charge on any atom is -0.489 e. The van der Waals surface area contributed by atoms with Crippen molar-refractivity contribution < 1.29 is 14.1 Å². The molecule has 2 aromatic carbocycles. The fourth-order valence-electron chi connectivity index (χ4n) is 3.15. The van der Waals surface area contributed by atoms with Crippen molar-refractivity contribution in [2.75, 3.05) is 7.05 Å². The van der Waals surface area contributed by atoms with Crippen LogP contribution < -0.4 is 4.74 Å². The molecule has 0 aliphatic heterocycles. The van der Waals surface area contributed by atoms with Crippen LogP contribution in [-0.2, 0) is 13.2 Å². The minimum atomic E-state index is -0.0391. The predicted octanol–water partition coefficient (Wildman–Crippen LogP) is 4.76. The van der Waals surface area contributed by atoms with E-state index in [0.717, 1.165) is 22.6 Å². The fraction of sp³-hybridized carbons (Fsp3) is 0.304. The van der Waals surface area contributed by atoms with Crippen LogP contribution >= 0.6 is 0 Å². The molecule has 0 unspecified atom stereocenters. The Morgan fingerprint density at radius 1 is 1.11 bits per heavy atom. The Bertz CT molecular complexity index is 972. The molecule has 146 valence electrons. The van der Waals surface area contributed by atoms with E-state index in [1.54, 1.807) is 11.0 Å². The van der Waals surface area contributed by atoms with E-state index in [4.69, 9.17) is 9.26 Å². The number of aromatic nitrogens is 1. The maximum atomic E-state index is 12.9. The first-order chi connectivity index (χ1) is 13.3. The average molecular weight is 378 g/mol. The van der Waals surface area contributed by atoms with Crippen molar-refractivity contribution in [2.24, 2.45) is 0 Å². The first-order valence-corrected chi connectivity index (χ1v) is 9.31. The first-order valence-electron chi connectivity index (χ1n) is 9.31. The van der Waals surface area contributed by atoms with Crippen molar-refractivity contribution >= 4 is 5.91 Å². The zero-order valence-corrected chi connectivity index (χ0v) is 17.1. The number of carbonyl (C=O) groups excluding carboxylic acids is 1. The van der Waals surface area contributed by atoms with E-state index in [9.17, 15) is 4.79 Å². The molecule has 3 rings (SSSR count). The van der Waals surface area contributed by atoms with Crippen molar-refractivity contribution in [2.45, 2.75) is 40.8 Å². The van der Waals surface area contributed by atoms with Gasteiger partial charge >= 0.3 is 0 Å². The summed E-state index contributed by atoms with van der Waals surface area (Å²) in [4.78, 5) is 14.6. The number of hydrogen-bond donors (Lipinski definition) is 0. The third-order valence-electron chi connectivity index (χ3n) is 4.90. The van der Waals surface area contributed by atoms with Gasteiger partial charge in [0.25, 0.3) is 5.91 Å². The van der Waals surface area contributed by atoms with Crippen LogP contribution in [0.3, 0.4) is 0 Å². The van der Waals surface area contributed by atoms with E-state index in [1.807, 2.05) is 39.1 Å². The summed E-state index contributed by atoms with van der Waals surface area (Å²) < 4.78 is 11.0. The monoisotopic (exact) mass is 378 g/mol. The summed E-state index contributed by atoms with van der Waals surface area (Å²) in [7, 11) is 1.82. The molecule has 0 saturated carbocycles. The van der Waals surface area contributed by atoms with E-state index in [-0.39, 0.29) is 5.91 Å². The lowest BCUT2D eigenvalue weighted by atomic mass is 10.1. The molecule has 28 heavy (non-hydrogen) atoms. The van der Waals surface area contributed by atoms with Crippen LogP contribution in [0.5, 0.6) is 5.75 Å². The second-order valence-electron chi connectivity index (χ2n) is 7.21. The second-order valence-corrected chi connectivity index (χ2v) is 7.21. The van der Waals surface area contributed by atoms with Gasteiger partial charge in [0, 0.05) is 19.2 Å². The molecule has 3 aromatic rings. The van der Waals surface area contributed by atoms with Crippen LogP contribution in [0, 0.1) is 27.7 Å². The summed E-state index contributed by atoms with van der Waals surface area (Å²) >= 11 is 0. The number of carbonyl (C=O) groups is 1. The van der Waals surface area contributed by atoms with Crippen LogP contribution in [0.15, 0.2) is 47.0 Å². The van der Waals surface area contributed by atoms with E-state index < -0.39 is 0 Å². The maximum absolute atomic E-state index is 12.9. The Kier molecular flexibility index (Phi) is 5.83. The summed E-state index contributed by atoms with van der Waals surface area (Å²) in [5.41, 5.74) is 5.91. The van der Waals surface area contributed by atoms with Gasteiger partial charge in [-0.15, -0.1) is 0 Å². The van der Waals surface area contributed by atoms with Gasteiger partial charge in [0.05, 0.1) is 11.3 Å². The normalized spacial score (nSPS) is 10.8. The van der Waals surface area contributed by atoms with Gasteiger partial charge in [-0.3, -0.25) is 4.79 Å². The molecular formula is C23H26N2O3. The van der Waals surface area contributed by atoms with Gasteiger partial charge in [-0.1, -0.05) is 35.0 Å². The molecule has 0 bridgehead atoms. The first kappa shape index (κ1) is 19.7. The topological polar surface area (TPSA) is 55.6 Å². The lowest BCUT2D eigenvalue weighted by molar-refractivity contribution is 0.0784. The summed E-state index contributed by atoms with van der Waals surface area (Å²) in [6.07, 6.45) is 0. The van der Waals surface area contributed by atoms with Crippen molar-refractivity contribution in [3.05, 3.63) is 81.7 Å². The van der Waals surface area contributed by atoms with Crippen LogP contribution in [0.2, 0.25) is 0 Å². The van der Waals surface area contributed by atoms with Crippen molar-refractivity contribution in [3.63, 3.8) is 0 Å². The Morgan fingerprint density at radius 2 is 1.89 bits per heavy atom. The molecule has 0 atom stereocenters. The molecule has 1 heterocycles. The number of amides is 1. The Labute approximate surface area is 165 Å². The quantitative estimate of drug-likeness (QED) is 0.621. The highest BCUT2D eigenvalue weighted by atomic mass is 16.5. The van der Waals surface area contributed by atoms with Gasteiger partial charge in [0.2, 0.25) is 0 Å². The number of rotatable bonds is 6. The maximum Gasteiger partial charge on any atom is 0.254 e. The van der Waals surface area contributed by atoms with Gasteiger partial charge in [0.1, 0.15) is 18.1 Å². The molecule has 0 N–H and O–H groups in total. The summed E-state index contributed by atoms with van der Waals surface area (Å²) in [6.45, 7) is 8.81. The molecule has 0 aliphatic carbocycles. The lowest BCUT2D eigenvalue weighted by Gasteiger charge is -2.19. The lowest BCUT2D eigenvalue weighted by Crippen LogP contribution is -2.26. The molecule has 5 heteroatoms. The molecule has 1 amide bonds. The van der Waals surface area contributed by atoms with Gasteiger partial charge < -0.3 is 14.2 Å². The number of ether oxygens (including phenoxy) is 1. The standard InChI is InChI=1S/C23H26N2O3/c1-15-9-10-20(16(2)11-15)13-25(5)23(26)19-7-6-8-21(12-19)27-14-22-17(3)24-28-18(22)4/h6-12H,13-14H2,1-5H3. The van der Waals surface area contributed by atoms with Gasteiger partial charge in [-0.2, -0.15) is 0 Å². The summed E-state index contributed by atoms with van der Waals surface area (Å²) in [6, 6.07) is 13.6. The highest BCUT2D eigenvalue weighted by molar-refractivity contribution is 5.94.